The highest BCUT2D eigenvalue weighted by molar-refractivity contribution is 7.00. The van der Waals surface area contributed by atoms with E-state index in [1.165, 1.54) is 32.7 Å². The Morgan fingerprint density at radius 3 is 1.77 bits per heavy atom. The molecule has 69 heavy (non-hydrogen) atoms. The number of hydrogen-bond donors (Lipinski definition) is 0. The lowest BCUT2D eigenvalue weighted by Crippen LogP contribution is -2.61. The van der Waals surface area contributed by atoms with Gasteiger partial charge in [-0.25, -0.2) is 0 Å². The van der Waals surface area contributed by atoms with Crippen LogP contribution in [0.5, 0.6) is 0 Å². The van der Waals surface area contributed by atoms with Gasteiger partial charge in [0.1, 0.15) is 11.2 Å². The van der Waals surface area contributed by atoms with Gasteiger partial charge >= 0.3 is 0 Å². The number of hydrogen-bond acceptors (Lipinski definition) is 5. The highest BCUT2D eigenvalue weighted by Gasteiger charge is 2.49. The third-order valence-electron chi connectivity index (χ3n) is 14.8. The fourth-order valence-electron chi connectivity index (χ4n) is 12.1. The monoisotopic (exact) mass is 880 g/mol. The predicted octanol–water partition coefficient (Wildman–Crippen LogP) is 15.0. The molecule has 0 bridgehead atoms. The van der Waals surface area contributed by atoms with E-state index in [1.807, 2.05) is 0 Å². The summed E-state index contributed by atoms with van der Waals surface area (Å²) in [5.74, 6) is 0. The van der Waals surface area contributed by atoms with Crippen molar-refractivity contribution < 1.29 is 8.83 Å². The zero-order valence-corrected chi connectivity index (χ0v) is 37.0. The maximum absolute atomic E-state index is 7.43. The van der Waals surface area contributed by atoms with Gasteiger partial charge in [-0.15, -0.1) is 0 Å². The normalized spacial score (nSPS) is 13.1. The molecule has 10 aromatic carbocycles. The number of furan rings is 2. The molecule has 320 valence electrons. The third kappa shape index (κ3) is 4.95. The first-order chi connectivity index (χ1) is 34.3. The van der Waals surface area contributed by atoms with Gasteiger partial charge in [0.05, 0.1) is 50.8 Å². The van der Waals surface area contributed by atoms with E-state index in [9.17, 15) is 0 Å². The fourth-order valence-corrected chi connectivity index (χ4v) is 12.1. The number of para-hydroxylation sites is 7. The van der Waals surface area contributed by atoms with E-state index in [4.69, 9.17) is 8.83 Å². The third-order valence-corrected chi connectivity index (χ3v) is 14.8. The standard InChI is InChI=1S/C62H37BN4O2/c1-4-17-38(18-5-1)39-33-34-56-47(35-39)59-62(69-56)63-48-27-16-30-51-60(48)66(50-29-14-25-45-43-23-10-12-28-49(43)65(51)58(45)50)53-36-42(64(40-19-6-2-7-20-40)41-21-8-3-9-22-41)37-54(57(53)63)67(59)52-31-15-26-46-44-24-11-13-32-55(44)68-61(46)52/h1-37H. The quantitative estimate of drug-likeness (QED) is 0.161. The van der Waals surface area contributed by atoms with Crippen molar-refractivity contribution in [1.82, 2.24) is 4.57 Å². The zero-order chi connectivity index (χ0) is 44.9. The topological polar surface area (TPSA) is 40.9 Å². The number of anilines is 9. The van der Waals surface area contributed by atoms with Crippen molar-refractivity contribution in [2.45, 2.75) is 0 Å². The summed E-state index contributed by atoms with van der Waals surface area (Å²) in [6.07, 6.45) is 0. The predicted molar refractivity (Wildman–Crippen MR) is 286 cm³/mol. The molecular weight excluding hydrogens is 844 g/mol. The van der Waals surface area contributed by atoms with Crippen molar-refractivity contribution in [1.29, 1.82) is 0 Å². The minimum absolute atomic E-state index is 0.256. The van der Waals surface area contributed by atoms with Crippen LogP contribution in [0, 0.1) is 0 Å². The van der Waals surface area contributed by atoms with Crippen LogP contribution in [0.3, 0.4) is 0 Å². The maximum atomic E-state index is 7.43. The smallest absolute Gasteiger partial charge is 0.297 e. The van der Waals surface area contributed by atoms with E-state index >= 15 is 0 Å². The van der Waals surface area contributed by atoms with E-state index in [0.717, 1.165) is 107 Å². The molecule has 0 N–H and O–H groups in total. The van der Waals surface area contributed by atoms with Gasteiger partial charge in [-0.1, -0.05) is 146 Å². The molecule has 6 nitrogen and oxygen atoms in total. The van der Waals surface area contributed by atoms with Crippen LogP contribution in [0.25, 0.3) is 71.5 Å². The van der Waals surface area contributed by atoms with Crippen LogP contribution in [0.4, 0.5) is 51.2 Å². The van der Waals surface area contributed by atoms with Gasteiger partial charge in [-0.2, -0.15) is 0 Å². The van der Waals surface area contributed by atoms with Crippen molar-refractivity contribution in [2.75, 3.05) is 14.7 Å². The summed E-state index contributed by atoms with van der Waals surface area (Å²) in [5, 5.41) is 5.65. The minimum Gasteiger partial charge on any atom is -0.468 e. The highest BCUT2D eigenvalue weighted by Crippen LogP contribution is 2.55. The summed E-state index contributed by atoms with van der Waals surface area (Å²) < 4.78 is 16.9. The zero-order valence-electron chi connectivity index (χ0n) is 37.0. The van der Waals surface area contributed by atoms with Crippen LogP contribution in [-0.4, -0.2) is 11.3 Å². The largest absolute Gasteiger partial charge is 0.468 e. The minimum atomic E-state index is -0.256. The van der Waals surface area contributed by atoms with E-state index in [0.29, 0.717) is 0 Å². The number of fused-ring (bicyclic) bond motifs is 14. The van der Waals surface area contributed by atoms with Crippen LogP contribution in [-0.2, 0) is 0 Å². The molecule has 7 heteroatoms. The van der Waals surface area contributed by atoms with Gasteiger partial charge in [0.25, 0.3) is 6.71 Å². The average Bonchev–Trinajstić information content (AvgIpc) is 4.10. The Balaban J connectivity index is 1.09. The Morgan fingerprint density at radius 2 is 0.986 bits per heavy atom. The van der Waals surface area contributed by atoms with E-state index in [-0.39, 0.29) is 6.71 Å². The van der Waals surface area contributed by atoms with Gasteiger partial charge in [-0.3, -0.25) is 0 Å². The average molecular weight is 881 g/mol. The molecule has 0 amide bonds. The molecular formula is C62H37BN4O2. The van der Waals surface area contributed by atoms with Crippen LogP contribution in [0.1, 0.15) is 0 Å². The molecule has 0 atom stereocenters. The lowest BCUT2D eigenvalue weighted by molar-refractivity contribution is 0.651. The number of benzene rings is 10. The number of rotatable bonds is 5. The van der Waals surface area contributed by atoms with Crippen molar-refractivity contribution >= 4 is 129 Å². The highest BCUT2D eigenvalue weighted by atomic mass is 16.3. The summed E-state index contributed by atoms with van der Waals surface area (Å²) in [6, 6.07) is 81.1. The molecule has 0 radical (unpaired) electrons. The second-order valence-corrected chi connectivity index (χ2v) is 18.4. The maximum Gasteiger partial charge on any atom is 0.297 e. The van der Waals surface area contributed by atoms with Crippen molar-refractivity contribution in [3.8, 4) is 16.8 Å². The second-order valence-electron chi connectivity index (χ2n) is 18.4. The Bertz CT molecular complexity index is 4250. The molecule has 3 aliphatic heterocycles. The lowest BCUT2D eigenvalue weighted by Gasteiger charge is -2.45. The van der Waals surface area contributed by atoms with Crippen molar-refractivity contribution in [3.05, 3.63) is 224 Å². The molecule has 0 spiro atoms. The summed E-state index contributed by atoms with van der Waals surface area (Å²) in [6.45, 7) is -0.256. The summed E-state index contributed by atoms with van der Waals surface area (Å²) >= 11 is 0. The summed E-state index contributed by atoms with van der Waals surface area (Å²) in [7, 11) is 0. The molecule has 3 aromatic heterocycles. The molecule has 16 rings (SSSR count). The molecule has 0 fully saturated rings. The van der Waals surface area contributed by atoms with Gasteiger partial charge in [-0.05, 0) is 101 Å². The van der Waals surface area contributed by atoms with Crippen molar-refractivity contribution in [2.24, 2.45) is 0 Å². The van der Waals surface area contributed by atoms with Crippen molar-refractivity contribution in [3.63, 3.8) is 0 Å². The van der Waals surface area contributed by atoms with Gasteiger partial charge < -0.3 is 28.1 Å². The first-order valence-corrected chi connectivity index (χ1v) is 23.6. The van der Waals surface area contributed by atoms with Crippen LogP contribution in [0.2, 0.25) is 0 Å². The van der Waals surface area contributed by atoms with Crippen LogP contribution < -0.4 is 31.3 Å². The molecule has 6 heterocycles. The van der Waals surface area contributed by atoms with Gasteiger partial charge in [0.2, 0.25) is 0 Å². The van der Waals surface area contributed by atoms with Gasteiger partial charge in [0, 0.05) is 49.7 Å². The number of aromatic nitrogens is 1. The van der Waals surface area contributed by atoms with Crippen LogP contribution >= 0.6 is 0 Å². The first kappa shape index (κ1) is 37.0. The summed E-state index contributed by atoms with van der Waals surface area (Å²) in [5.41, 5.74) is 21.2. The SMILES string of the molecule is c1ccc(-c2ccc3oc4c(c3c2)N(c2cccc3c2oc2ccccc23)c2cc(N(c3ccccc3)c3ccccc3)cc3c2B4c2cccc4c2N3c2cccc3c5ccccc5n-4c23)cc1. The molecule has 0 unspecified atom stereocenters. The lowest BCUT2D eigenvalue weighted by atomic mass is 9.35. The second kappa shape index (κ2) is 13.7. The molecule has 13 aromatic rings. The fraction of sp³-hybridized carbons (Fsp3) is 0. The Hall–Kier alpha value is -9.20. The molecule has 0 saturated heterocycles. The Kier molecular flexibility index (Phi) is 7.33. The van der Waals surface area contributed by atoms with E-state index < -0.39 is 0 Å². The summed E-state index contributed by atoms with van der Waals surface area (Å²) in [4.78, 5) is 7.41. The molecule has 3 aliphatic rings. The van der Waals surface area contributed by atoms with E-state index in [1.54, 1.807) is 0 Å². The first-order valence-electron chi connectivity index (χ1n) is 23.6. The molecule has 0 saturated carbocycles. The van der Waals surface area contributed by atoms with Gasteiger partial charge in [0.15, 0.2) is 5.58 Å². The van der Waals surface area contributed by atoms with Crippen LogP contribution in [0.15, 0.2) is 233 Å². The Labute approximate surface area is 396 Å². The molecule has 0 aliphatic carbocycles. The van der Waals surface area contributed by atoms with E-state index in [2.05, 4.69) is 244 Å². The Morgan fingerprint density at radius 1 is 0.377 bits per heavy atom. The number of nitrogens with zero attached hydrogens (tertiary/aromatic N) is 4.